The summed E-state index contributed by atoms with van der Waals surface area (Å²) >= 11 is 0. The fourth-order valence-electron chi connectivity index (χ4n) is 2.05. The van der Waals surface area contributed by atoms with Gasteiger partial charge in [-0.1, -0.05) is 18.2 Å². The molecule has 0 aliphatic carbocycles. The number of benzene rings is 2. The van der Waals surface area contributed by atoms with Gasteiger partial charge in [-0.15, -0.1) is 0 Å². The maximum Gasteiger partial charge on any atom is 0.165 e. The van der Waals surface area contributed by atoms with Gasteiger partial charge in [0.15, 0.2) is 11.5 Å². The van der Waals surface area contributed by atoms with Gasteiger partial charge in [0.1, 0.15) is 5.82 Å². The third-order valence-corrected chi connectivity index (χ3v) is 2.96. The summed E-state index contributed by atoms with van der Waals surface area (Å²) in [7, 11) is 3.10. The van der Waals surface area contributed by atoms with Gasteiger partial charge in [-0.25, -0.2) is 4.39 Å². The van der Waals surface area contributed by atoms with Crippen LogP contribution in [0, 0.1) is 5.82 Å². The molecular formula is C15H16FNO2. The molecule has 0 aliphatic heterocycles. The van der Waals surface area contributed by atoms with Crippen LogP contribution in [0.4, 0.5) is 4.39 Å². The van der Waals surface area contributed by atoms with Crippen LogP contribution in [-0.4, -0.2) is 14.2 Å². The zero-order valence-corrected chi connectivity index (χ0v) is 10.9. The molecule has 4 heteroatoms. The Kier molecular flexibility index (Phi) is 4.02. The minimum absolute atomic E-state index is 0.280. The van der Waals surface area contributed by atoms with Gasteiger partial charge in [0.05, 0.1) is 14.2 Å². The van der Waals surface area contributed by atoms with E-state index in [1.807, 2.05) is 6.07 Å². The second-order valence-electron chi connectivity index (χ2n) is 4.05. The Morgan fingerprint density at radius 2 is 1.84 bits per heavy atom. The van der Waals surface area contributed by atoms with E-state index in [2.05, 4.69) is 0 Å². The zero-order chi connectivity index (χ0) is 13.8. The highest BCUT2D eigenvalue weighted by Crippen LogP contribution is 2.36. The van der Waals surface area contributed by atoms with Crippen molar-refractivity contribution < 1.29 is 13.9 Å². The van der Waals surface area contributed by atoms with Gasteiger partial charge in [-0.3, -0.25) is 0 Å². The molecule has 0 bridgehead atoms. The molecule has 0 saturated heterocycles. The highest BCUT2D eigenvalue weighted by molar-refractivity contribution is 5.69. The van der Waals surface area contributed by atoms with Gasteiger partial charge in [0.25, 0.3) is 0 Å². The van der Waals surface area contributed by atoms with Crippen molar-refractivity contribution in [3.63, 3.8) is 0 Å². The molecule has 0 atom stereocenters. The lowest BCUT2D eigenvalue weighted by Crippen LogP contribution is -2.02. The fraction of sp³-hybridized carbons (Fsp3) is 0.200. The molecule has 2 rings (SSSR count). The second kappa shape index (κ2) is 5.71. The first kappa shape index (κ1) is 13.4. The number of hydrogen-bond acceptors (Lipinski definition) is 3. The van der Waals surface area contributed by atoms with E-state index in [9.17, 15) is 4.39 Å². The van der Waals surface area contributed by atoms with Crippen LogP contribution in [-0.2, 0) is 6.54 Å². The minimum atomic E-state index is -0.280. The van der Waals surface area contributed by atoms with E-state index >= 15 is 0 Å². The van der Waals surface area contributed by atoms with Crippen molar-refractivity contribution in [1.29, 1.82) is 0 Å². The quantitative estimate of drug-likeness (QED) is 0.920. The average molecular weight is 261 g/mol. The Morgan fingerprint density at radius 3 is 2.42 bits per heavy atom. The summed E-state index contributed by atoms with van der Waals surface area (Å²) in [5, 5.41) is 0. The van der Waals surface area contributed by atoms with E-state index in [0.717, 1.165) is 11.1 Å². The molecule has 0 aliphatic rings. The molecule has 19 heavy (non-hydrogen) atoms. The number of nitrogens with two attached hydrogens (primary N) is 1. The minimum Gasteiger partial charge on any atom is -0.493 e. The summed E-state index contributed by atoms with van der Waals surface area (Å²) in [5.74, 6) is 0.853. The normalized spacial score (nSPS) is 10.3. The van der Waals surface area contributed by atoms with Gasteiger partial charge in [0, 0.05) is 17.7 Å². The number of hydrogen-bond donors (Lipinski definition) is 1. The van der Waals surface area contributed by atoms with Crippen LogP contribution in [0.1, 0.15) is 5.56 Å². The first-order valence-electron chi connectivity index (χ1n) is 5.91. The molecule has 2 N–H and O–H groups in total. The molecule has 0 saturated carbocycles. The van der Waals surface area contributed by atoms with Crippen molar-refractivity contribution >= 4 is 0 Å². The summed E-state index contributed by atoms with van der Waals surface area (Å²) in [4.78, 5) is 0. The third-order valence-electron chi connectivity index (χ3n) is 2.96. The smallest absolute Gasteiger partial charge is 0.165 e. The Bertz CT molecular complexity index is 559. The van der Waals surface area contributed by atoms with Crippen LogP contribution in [0.15, 0.2) is 36.4 Å². The van der Waals surface area contributed by atoms with Gasteiger partial charge in [0.2, 0.25) is 0 Å². The van der Waals surface area contributed by atoms with Crippen LogP contribution < -0.4 is 15.2 Å². The van der Waals surface area contributed by atoms with E-state index in [4.69, 9.17) is 15.2 Å². The van der Waals surface area contributed by atoms with E-state index in [1.54, 1.807) is 38.5 Å². The Morgan fingerprint density at radius 1 is 1.11 bits per heavy atom. The molecule has 3 nitrogen and oxygen atoms in total. The lowest BCUT2D eigenvalue weighted by atomic mass is 10.0. The van der Waals surface area contributed by atoms with Crippen molar-refractivity contribution in [3.05, 3.63) is 47.8 Å². The van der Waals surface area contributed by atoms with Crippen LogP contribution >= 0.6 is 0 Å². The molecule has 0 unspecified atom stereocenters. The zero-order valence-electron chi connectivity index (χ0n) is 10.9. The van der Waals surface area contributed by atoms with Crippen molar-refractivity contribution in [2.75, 3.05) is 14.2 Å². The van der Waals surface area contributed by atoms with E-state index in [1.165, 1.54) is 6.07 Å². The molecule has 0 heterocycles. The van der Waals surface area contributed by atoms with Crippen LogP contribution in [0.25, 0.3) is 11.1 Å². The Labute approximate surface area is 111 Å². The first-order valence-corrected chi connectivity index (χ1v) is 5.91. The maximum absolute atomic E-state index is 13.8. The number of halogens is 1. The van der Waals surface area contributed by atoms with E-state index in [-0.39, 0.29) is 5.82 Å². The molecule has 0 amide bonds. The van der Waals surface area contributed by atoms with Crippen molar-refractivity contribution in [2.24, 2.45) is 5.73 Å². The molecule has 0 radical (unpaired) electrons. The first-order chi connectivity index (χ1) is 9.21. The van der Waals surface area contributed by atoms with Gasteiger partial charge >= 0.3 is 0 Å². The fourth-order valence-corrected chi connectivity index (χ4v) is 2.05. The summed E-state index contributed by atoms with van der Waals surface area (Å²) in [6.45, 7) is 0.293. The lowest BCUT2D eigenvalue weighted by molar-refractivity contribution is 0.352. The summed E-state index contributed by atoms with van der Waals surface area (Å²) in [5.41, 5.74) is 7.71. The largest absolute Gasteiger partial charge is 0.493 e. The van der Waals surface area contributed by atoms with Crippen molar-refractivity contribution in [2.45, 2.75) is 6.54 Å². The predicted octanol–water partition coefficient (Wildman–Crippen LogP) is 2.97. The maximum atomic E-state index is 13.8. The van der Waals surface area contributed by atoms with Crippen molar-refractivity contribution in [1.82, 2.24) is 0 Å². The van der Waals surface area contributed by atoms with Gasteiger partial charge < -0.3 is 15.2 Å². The van der Waals surface area contributed by atoms with E-state index < -0.39 is 0 Å². The predicted molar refractivity (Wildman–Crippen MR) is 72.8 cm³/mol. The molecule has 2 aromatic rings. The average Bonchev–Trinajstić information content (AvgIpc) is 2.46. The summed E-state index contributed by atoms with van der Waals surface area (Å²) < 4.78 is 24.4. The van der Waals surface area contributed by atoms with Crippen LogP contribution in [0.2, 0.25) is 0 Å². The number of rotatable bonds is 4. The summed E-state index contributed by atoms with van der Waals surface area (Å²) in [6.07, 6.45) is 0. The number of ether oxygens (including phenoxy) is 2. The topological polar surface area (TPSA) is 44.5 Å². The summed E-state index contributed by atoms with van der Waals surface area (Å²) in [6, 6.07) is 10.2. The van der Waals surface area contributed by atoms with Gasteiger partial charge in [-0.05, 0) is 23.8 Å². The highest BCUT2D eigenvalue weighted by atomic mass is 19.1. The van der Waals surface area contributed by atoms with Crippen molar-refractivity contribution in [3.8, 4) is 22.6 Å². The standard InChI is InChI=1S/C15H16FNO2/c1-18-14-8-10(7-11(9-17)15(14)19-2)12-5-3-4-6-13(12)16/h3-8H,9,17H2,1-2H3. The molecule has 100 valence electrons. The lowest BCUT2D eigenvalue weighted by Gasteiger charge is -2.14. The Hall–Kier alpha value is -2.07. The number of methoxy groups -OCH3 is 2. The molecule has 0 fully saturated rings. The Balaban J connectivity index is 2.63. The highest BCUT2D eigenvalue weighted by Gasteiger charge is 2.14. The van der Waals surface area contributed by atoms with E-state index in [0.29, 0.717) is 23.6 Å². The molecular weight excluding hydrogens is 245 g/mol. The monoisotopic (exact) mass is 261 g/mol. The molecule has 2 aromatic carbocycles. The van der Waals surface area contributed by atoms with Gasteiger partial charge in [-0.2, -0.15) is 0 Å². The van der Waals surface area contributed by atoms with Crippen LogP contribution in [0.3, 0.4) is 0 Å². The molecule has 0 spiro atoms. The second-order valence-corrected chi connectivity index (χ2v) is 4.05. The third kappa shape index (κ3) is 2.53. The van der Waals surface area contributed by atoms with Crippen LogP contribution in [0.5, 0.6) is 11.5 Å². The SMILES string of the molecule is COc1cc(-c2ccccc2F)cc(CN)c1OC. The molecule has 0 aromatic heterocycles.